The van der Waals surface area contributed by atoms with Gasteiger partial charge in [0.15, 0.2) is 0 Å². The van der Waals surface area contributed by atoms with E-state index in [-0.39, 0.29) is 17.5 Å². The first kappa shape index (κ1) is 18.1. The standard InChI is InChI=1S/C19H21ClFOP/c1-2-4-16(14-8-9-17(20)19(23)12-14)18(22)10-7-13-5-3-6-15(21)11-13/h3,5-6,8-9,11-12,16H,2,4,7,10,23H2,1H3. The highest BCUT2D eigenvalue weighted by Crippen LogP contribution is 2.26. The van der Waals surface area contributed by atoms with Crippen LogP contribution in [0.1, 0.15) is 43.2 Å². The quantitative estimate of drug-likeness (QED) is 0.637. The molecule has 2 atom stereocenters. The fourth-order valence-electron chi connectivity index (χ4n) is 2.72. The number of carbonyl (C=O) groups excluding carboxylic acids is 1. The van der Waals surface area contributed by atoms with Gasteiger partial charge in [-0.15, -0.1) is 9.24 Å². The van der Waals surface area contributed by atoms with Crippen molar-refractivity contribution in [2.45, 2.75) is 38.5 Å². The smallest absolute Gasteiger partial charge is 0.140 e. The van der Waals surface area contributed by atoms with E-state index >= 15 is 0 Å². The maximum atomic E-state index is 13.2. The molecule has 0 bridgehead atoms. The molecule has 0 fully saturated rings. The Balaban J connectivity index is 2.10. The molecule has 0 heterocycles. The van der Waals surface area contributed by atoms with Crippen LogP contribution in [0.5, 0.6) is 0 Å². The Morgan fingerprint density at radius 1 is 1.26 bits per heavy atom. The molecule has 122 valence electrons. The third-order valence-corrected chi connectivity index (χ3v) is 4.94. The molecule has 0 aromatic heterocycles. The molecule has 0 saturated carbocycles. The van der Waals surface area contributed by atoms with Gasteiger partial charge < -0.3 is 0 Å². The third kappa shape index (κ3) is 5.12. The van der Waals surface area contributed by atoms with Crippen molar-refractivity contribution in [2.24, 2.45) is 0 Å². The van der Waals surface area contributed by atoms with Crippen LogP contribution < -0.4 is 5.30 Å². The Hall–Kier alpha value is -1.24. The lowest BCUT2D eigenvalue weighted by atomic mass is 9.88. The second-order valence-electron chi connectivity index (χ2n) is 5.72. The number of ketones is 1. The summed E-state index contributed by atoms with van der Waals surface area (Å²) in [6.45, 7) is 2.07. The van der Waals surface area contributed by atoms with Crippen molar-refractivity contribution in [1.82, 2.24) is 0 Å². The van der Waals surface area contributed by atoms with E-state index in [4.69, 9.17) is 11.6 Å². The van der Waals surface area contributed by atoms with E-state index < -0.39 is 0 Å². The third-order valence-electron chi connectivity index (χ3n) is 3.94. The van der Waals surface area contributed by atoms with Crippen molar-refractivity contribution in [3.63, 3.8) is 0 Å². The van der Waals surface area contributed by atoms with Gasteiger partial charge in [0.1, 0.15) is 11.6 Å². The molecule has 23 heavy (non-hydrogen) atoms. The minimum absolute atomic E-state index is 0.120. The number of benzene rings is 2. The summed E-state index contributed by atoms with van der Waals surface area (Å²) in [5.74, 6) is -0.182. The van der Waals surface area contributed by atoms with Crippen LogP contribution in [0, 0.1) is 5.82 Å². The summed E-state index contributed by atoms with van der Waals surface area (Å²) in [5, 5.41) is 1.59. The van der Waals surface area contributed by atoms with Crippen LogP contribution in [0.25, 0.3) is 0 Å². The van der Waals surface area contributed by atoms with Gasteiger partial charge in [0.2, 0.25) is 0 Å². The molecule has 0 radical (unpaired) electrons. The monoisotopic (exact) mass is 350 g/mol. The molecular formula is C19H21ClFOP. The Morgan fingerprint density at radius 3 is 2.70 bits per heavy atom. The predicted octanol–water partition coefficient (Wildman–Crippen LogP) is 5.07. The van der Waals surface area contributed by atoms with Crippen LogP contribution in [0.2, 0.25) is 5.02 Å². The molecule has 1 nitrogen and oxygen atoms in total. The molecule has 2 rings (SSSR count). The minimum Gasteiger partial charge on any atom is -0.299 e. The average Bonchev–Trinajstić information content (AvgIpc) is 2.53. The zero-order chi connectivity index (χ0) is 16.8. The van der Waals surface area contributed by atoms with E-state index in [0.717, 1.165) is 29.3 Å². The van der Waals surface area contributed by atoms with E-state index in [2.05, 4.69) is 16.2 Å². The van der Waals surface area contributed by atoms with Crippen molar-refractivity contribution in [3.05, 3.63) is 64.4 Å². The fraction of sp³-hybridized carbons (Fsp3) is 0.316. The van der Waals surface area contributed by atoms with Gasteiger partial charge in [-0.3, -0.25) is 4.79 Å². The first-order valence-electron chi connectivity index (χ1n) is 7.83. The van der Waals surface area contributed by atoms with Crippen LogP contribution in [0.4, 0.5) is 4.39 Å². The molecule has 2 aromatic rings. The number of carbonyl (C=O) groups is 1. The van der Waals surface area contributed by atoms with Crippen molar-refractivity contribution in [2.75, 3.05) is 0 Å². The molecule has 0 amide bonds. The summed E-state index contributed by atoms with van der Waals surface area (Å²) in [4.78, 5) is 12.7. The Bertz CT molecular complexity index is 687. The second kappa shape index (κ2) is 8.57. The lowest BCUT2D eigenvalue weighted by Crippen LogP contribution is -2.15. The number of hydrogen-bond acceptors (Lipinski definition) is 1. The Labute approximate surface area is 144 Å². The number of Topliss-reactive ketones (excluding diaryl/α,β-unsaturated/α-hetero) is 1. The molecule has 0 N–H and O–H groups in total. The SMILES string of the molecule is CCCC(C(=O)CCc1cccc(F)c1)c1ccc(Cl)c(P)c1. The highest BCUT2D eigenvalue weighted by Gasteiger charge is 2.20. The first-order chi connectivity index (χ1) is 11.0. The highest BCUT2D eigenvalue weighted by atomic mass is 35.5. The largest absolute Gasteiger partial charge is 0.299 e. The van der Waals surface area contributed by atoms with Crippen LogP contribution in [0.15, 0.2) is 42.5 Å². The van der Waals surface area contributed by atoms with Crippen LogP contribution in [0.3, 0.4) is 0 Å². The molecule has 0 aliphatic heterocycles. The highest BCUT2D eigenvalue weighted by molar-refractivity contribution is 7.28. The number of halogens is 2. The van der Waals surface area contributed by atoms with Crippen molar-refractivity contribution in [3.8, 4) is 0 Å². The maximum absolute atomic E-state index is 13.2. The van der Waals surface area contributed by atoms with Gasteiger partial charge in [-0.25, -0.2) is 4.39 Å². The second-order valence-corrected chi connectivity index (χ2v) is 6.75. The lowest BCUT2D eigenvalue weighted by Gasteiger charge is -2.16. The summed E-state index contributed by atoms with van der Waals surface area (Å²) in [6, 6.07) is 12.2. The molecular weight excluding hydrogens is 330 g/mol. The summed E-state index contributed by atoms with van der Waals surface area (Å²) in [7, 11) is 2.60. The molecule has 0 aliphatic rings. The molecule has 0 saturated heterocycles. The van der Waals surface area contributed by atoms with E-state index in [1.165, 1.54) is 12.1 Å². The topological polar surface area (TPSA) is 17.1 Å². The summed E-state index contributed by atoms with van der Waals surface area (Å²) in [6.07, 6.45) is 2.74. The van der Waals surface area contributed by atoms with E-state index in [9.17, 15) is 9.18 Å². The fourth-order valence-corrected chi connectivity index (χ4v) is 3.12. The van der Waals surface area contributed by atoms with Gasteiger partial charge in [0.25, 0.3) is 0 Å². The number of hydrogen-bond donors (Lipinski definition) is 0. The van der Waals surface area contributed by atoms with Crippen molar-refractivity contribution in [1.29, 1.82) is 0 Å². The van der Waals surface area contributed by atoms with E-state index in [0.29, 0.717) is 17.9 Å². The predicted molar refractivity (Wildman–Crippen MR) is 98.2 cm³/mol. The van der Waals surface area contributed by atoms with Gasteiger partial charge >= 0.3 is 0 Å². The zero-order valence-corrected chi connectivity index (χ0v) is 15.1. The molecule has 0 spiro atoms. The summed E-state index contributed by atoms with van der Waals surface area (Å²) >= 11 is 6.06. The lowest BCUT2D eigenvalue weighted by molar-refractivity contribution is -0.120. The average molecular weight is 351 g/mol. The summed E-state index contributed by atoms with van der Waals surface area (Å²) in [5.41, 5.74) is 1.86. The number of aryl methyl sites for hydroxylation is 1. The van der Waals surface area contributed by atoms with Crippen LogP contribution >= 0.6 is 20.8 Å². The molecule has 2 aromatic carbocycles. The van der Waals surface area contributed by atoms with Gasteiger partial charge in [0.05, 0.1) is 0 Å². The van der Waals surface area contributed by atoms with Gasteiger partial charge in [0, 0.05) is 17.4 Å². The van der Waals surface area contributed by atoms with Crippen molar-refractivity contribution >= 4 is 31.9 Å². The van der Waals surface area contributed by atoms with Gasteiger partial charge in [-0.1, -0.05) is 43.1 Å². The summed E-state index contributed by atoms with van der Waals surface area (Å²) < 4.78 is 13.2. The van der Waals surface area contributed by atoms with Crippen LogP contribution in [-0.4, -0.2) is 5.78 Å². The Morgan fingerprint density at radius 2 is 2.04 bits per heavy atom. The van der Waals surface area contributed by atoms with E-state index in [1.807, 2.05) is 24.3 Å². The Kier molecular flexibility index (Phi) is 6.74. The first-order valence-corrected chi connectivity index (χ1v) is 8.79. The molecule has 2 unspecified atom stereocenters. The molecule has 0 aliphatic carbocycles. The van der Waals surface area contributed by atoms with Gasteiger partial charge in [-0.2, -0.15) is 0 Å². The normalized spacial score (nSPS) is 12.2. The van der Waals surface area contributed by atoms with Crippen molar-refractivity contribution < 1.29 is 9.18 Å². The van der Waals surface area contributed by atoms with E-state index in [1.54, 1.807) is 6.07 Å². The maximum Gasteiger partial charge on any atom is 0.140 e. The molecule has 4 heteroatoms. The number of rotatable bonds is 7. The minimum atomic E-state index is -0.259. The zero-order valence-electron chi connectivity index (χ0n) is 13.2. The van der Waals surface area contributed by atoms with Gasteiger partial charge in [-0.05, 0) is 53.5 Å². The van der Waals surface area contributed by atoms with Crippen LogP contribution in [-0.2, 0) is 11.2 Å².